The zero-order valence-electron chi connectivity index (χ0n) is 12.9. The molecular formula is C17H24N2O2. The van der Waals surface area contributed by atoms with Gasteiger partial charge in [0, 0.05) is 6.04 Å². The van der Waals surface area contributed by atoms with Gasteiger partial charge in [-0.2, -0.15) is 5.26 Å². The van der Waals surface area contributed by atoms with Crippen molar-refractivity contribution in [2.75, 3.05) is 13.2 Å². The molecule has 0 amide bonds. The molecule has 1 saturated carbocycles. The molecular weight excluding hydrogens is 264 g/mol. The molecule has 21 heavy (non-hydrogen) atoms. The molecule has 0 saturated heterocycles. The molecule has 4 nitrogen and oxygen atoms in total. The molecule has 1 aromatic carbocycles. The molecule has 0 aromatic heterocycles. The Morgan fingerprint density at radius 2 is 1.86 bits per heavy atom. The largest absolute Gasteiger partial charge is 0.490 e. The fourth-order valence-corrected chi connectivity index (χ4v) is 2.78. The molecule has 1 fully saturated rings. The Kier molecular flexibility index (Phi) is 5.89. The molecule has 1 atom stereocenters. The topological polar surface area (TPSA) is 54.3 Å². The summed E-state index contributed by atoms with van der Waals surface area (Å²) in [6, 6.07) is 8.29. The van der Waals surface area contributed by atoms with E-state index >= 15 is 0 Å². The lowest BCUT2D eigenvalue weighted by atomic mass is 10.1. The summed E-state index contributed by atoms with van der Waals surface area (Å²) in [7, 11) is 0. The van der Waals surface area contributed by atoms with Crippen LogP contribution in [0.3, 0.4) is 0 Å². The van der Waals surface area contributed by atoms with Crippen molar-refractivity contribution in [3.8, 4) is 17.6 Å². The number of nitrogens with zero attached hydrogens (tertiary/aromatic N) is 1. The SMILES string of the molecule is CCOc1ccc(C(C#N)NC2CCCC2)cc1OCC. The summed E-state index contributed by atoms with van der Waals surface area (Å²) in [6.07, 6.45) is 4.83. The minimum Gasteiger partial charge on any atom is -0.490 e. The van der Waals surface area contributed by atoms with Gasteiger partial charge in [-0.05, 0) is 44.4 Å². The maximum absolute atomic E-state index is 9.45. The van der Waals surface area contributed by atoms with Gasteiger partial charge in [0.1, 0.15) is 6.04 Å². The first-order chi connectivity index (χ1) is 10.3. The van der Waals surface area contributed by atoms with Crippen LogP contribution in [0.4, 0.5) is 0 Å². The van der Waals surface area contributed by atoms with Crippen LogP contribution in [0, 0.1) is 11.3 Å². The van der Waals surface area contributed by atoms with Crippen LogP contribution in [0.2, 0.25) is 0 Å². The van der Waals surface area contributed by atoms with E-state index in [1.807, 2.05) is 32.0 Å². The average Bonchev–Trinajstić information content (AvgIpc) is 3.00. The van der Waals surface area contributed by atoms with Crippen LogP contribution >= 0.6 is 0 Å². The van der Waals surface area contributed by atoms with Crippen molar-refractivity contribution in [2.45, 2.75) is 51.6 Å². The Labute approximate surface area is 127 Å². The van der Waals surface area contributed by atoms with E-state index in [9.17, 15) is 5.26 Å². The number of hydrogen-bond acceptors (Lipinski definition) is 4. The number of nitrogens with one attached hydrogen (secondary N) is 1. The maximum Gasteiger partial charge on any atom is 0.161 e. The van der Waals surface area contributed by atoms with Gasteiger partial charge in [0.2, 0.25) is 0 Å². The Hall–Kier alpha value is -1.73. The molecule has 0 radical (unpaired) electrons. The lowest BCUT2D eigenvalue weighted by Gasteiger charge is -2.19. The quantitative estimate of drug-likeness (QED) is 0.833. The Bertz CT molecular complexity index is 490. The molecule has 0 bridgehead atoms. The Morgan fingerprint density at radius 3 is 2.48 bits per heavy atom. The first-order valence-electron chi connectivity index (χ1n) is 7.83. The highest BCUT2D eigenvalue weighted by Gasteiger charge is 2.21. The molecule has 4 heteroatoms. The number of ether oxygens (including phenoxy) is 2. The van der Waals surface area contributed by atoms with Gasteiger partial charge in [-0.1, -0.05) is 18.9 Å². The highest BCUT2D eigenvalue weighted by molar-refractivity contribution is 5.45. The predicted molar refractivity (Wildman–Crippen MR) is 82.5 cm³/mol. The van der Waals surface area contributed by atoms with Crippen LogP contribution < -0.4 is 14.8 Å². The zero-order chi connectivity index (χ0) is 15.1. The van der Waals surface area contributed by atoms with Crippen LogP contribution in [0.25, 0.3) is 0 Å². The second kappa shape index (κ2) is 7.90. The molecule has 0 heterocycles. The van der Waals surface area contributed by atoms with Crippen LogP contribution in [-0.2, 0) is 0 Å². The van der Waals surface area contributed by atoms with Gasteiger partial charge in [-0.15, -0.1) is 0 Å². The van der Waals surface area contributed by atoms with E-state index in [-0.39, 0.29) is 6.04 Å². The monoisotopic (exact) mass is 288 g/mol. The third-order valence-electron chi connectivity index (χ3n) is 3.79. The van der Waals surface area contributed by atoms with Crippen molar-refractivity contribution >= 4 is 0 Å². The normalized spacial score (nSPS) is 16.4. The van der Waals surface area contributed by atoms with E-state index in [2.05, 4.69) is 11.4 Å². The first kappa shape index (κ1) is 15.7. The number of benzene rings is 1. The summed E-state index contributed by atoms with van der Waals surface area (Å²) in [6.45, 7) is 5.07. The van der Waals surface area contributed by atoms with Gasteiger partial charge in [0.15, 0.2) is 11.5 Å². The molecule has 1 aliphatic carbocycles. The van der Waals surface area contributed by atoms with Crippen molar-refractivity contribution in [1.29, 1.82) is 5.26 Å². The number of hydrogen-bond donors (Lipinski definition) is 1. The second-order valence-corrected chi connectivity index (χ2v) is 5.28. The maximum atomic E-state index is 9.45. The van der Waals surface area contributed by atoms with Crippen LogP contribution in [-0.4, -0.2) is 19.3 Å². The second-order valence-electron chi connectivity index (χ2n) is 5.28. The first-order valence-corrected chi connectivity index (χ1v) is 7.83. The highest BCUT2D eigenvalue weighted by Crippen LogP contribution is 2.31. The number of rotatable bonds is 7. The van der Waals surface area contributed by atoms with Crippen LogP contribution in [0.5, 0.6) is 11.5 Å². The van der Waals surface area contributed by atoms with E-state index in [1.54, 1.807) is 0 Å². The van der Waals surface area contributed by atoms with E-state index in [1.165, 1.54) is 12.8 Å². The fraction of sp³-hybridized carbons (Fsp3) is 0.588. The lowest BCUT2D eigenvalue weighted by molar-refractivity contribution is 0.287. The van der Waals surface area contributed by atoms with E-state index in [4.69, 9.17) is 9.47 Å². The van der Waals surface area contributed by atoms with E-state index < -0.39 is 0 Å². The minimum atomic E-state index is -0.289. The molecule has 114 valence electrons. The van der Waals surface area contributed by atoms with Gasteiger partial charge < -0.3 is 9.47 Å². The van der Waals surface area contributed by atoms with Gasteiger partial charge in [-0.25, -0.2) is 0 Å². The average molecular weight is 288 g/mol. The van der Waals surface area contributed by atoms with Gasteiger partial charge in [0.05, 0.1) is 19.3 Å². The van der Waals surface area contributed by atoms with Gasteiger partial charge >= 0.3 is 0 Å². The third kappa shape index (κ3) is 4.12. The molecule has 1 aromatic rings. The molecule has 0 aliphatic heterocycles. The lowest BCUT2D eigenvalue weighted by Crippen LogP contribution is -2.29. The van der Waals surface area contributed by atoms with Crippen LogP contribution in [0.15, 0.2) is 18.2 Å². The van der Waals surface area contributed by atoms with Crippen molar-refractivity contribution < 1.29 is 9.47 Å². The summed E-state index contributed by atoms with van der Waals surface area (Å²) >= 11 is 0. The standard InChI is InChI=1S/C17H24N2O2/c1-3-20-16-10-9-13(11-17(16)21-4-2)15(12-18)19-14-7-5-6-8-14/h9-11,14-15,19H,3-8H2,1-2H3. The van der Waals surface area contributed by atoms with Crippen molar-refractivity contribution in [3.05, 3.63) is 23.8 Å². The van der Waals surface area contributed by atoms with E-state index in [0.29, 0.717) is 25.0 Å². The zero-order valence-corrected chi connectivity index (χ0v) is 12.9. The third-order valence-corrected chi connectivity index (χ3v) is 3.79. The number of nitriles is 1. The smallest absolute Gasteiger partial charge is 0.161 e. The van der Waals surface area contributed by atoms with Crippen molar-refractivity contribution in [2.24, 2.45) is 0 Å². The minimum absolute atomic E-state index is 0.289. The molecule has 1 aliphatic rings. The summed E-state index contributed by atoms with van der Waals surface area (Å²) in [4.78, 5) is 0. The van der Waals surface area contributed by atoms with Gasteiger partial charge in [0.25, 0.3) is 0 Å². The Balaban J connectivity index is 2.16. The summed E-state index contributed by atoms with van der Waals surface area (Å²) in [5.74, 6) is 1.45. The highest BCUT2D eigenvalue weighted by atomic mass is 16.5. The van der Waals surface area contributed by atoms with E-state index in [0.717, 1.165) is 24.2 Å². The molecule has 1 unspecified atom stereocenters. The molecule has 2 rings (SSSR count). The fourth-order valence-electron chi connectivity index (χ4n) is 2.78. The van der Waals surface area contributed by atoms with Crippen molar-refractivity contribution in [3.63, 3.8) is 0 Å². The summed E-state index contributed by atoms with van der Waals surface area (Å²) in [5, 5.41) is 12.9. The Morgan fingerprint density at radius 1 is 1.19 bits per heavy atom. The summed E-state index contributed by atoms with van der Waals surface area (Å²) in [5.41, 5.74) is 0.941. The van der Waals surface area contributed by atoms with Crippen LogP contribution in [0.1, 0.15) is 51.1 Å². The van der Waals surface area contributed by atoms with Crippen molar-refractivity contribution in [1.82, 2.24) is 5.32 Å². The summed E-state index contributed by atoms with van der Waals surface area (Å²) < 4.78 is 11.2. The van der Waals surface area contributed by atoms with Gasteiger partial charge in [-0.3, -0.25) is 5.32 Å². The predicted octanol–water partition coefficient (Wildman–Crippen LogP) is 3.58. The molecule has 1 N–H and O–H groups in total. The molecule has 0 spiro atoms.